The summed E-state index contributed by atoms with van der Waals surface area (Å²) in [4.78, 5) is 12.9. The number of benzene rings is 4. The Morgan fingerprint density at radius 3 is 1.89 bits per heavy atom. The molecule has 2 nitrogen and oxygen atoms in total. The van der Waals surface area contributed by atoms with Gasteiger partial charge in [-0.15, -0.1) is 0 Å². The molecule has 4 aromatic carbocycles. The van der Waals surface area contributed by atoms with Crippen molar-refractivity contribution in [3.63, 3.8) is 0 Å². The predicted octanol–water partition coefficient (Wildman–Crippen LogP) is 4.86. The molecule has 0 fully saturated rings. The summed E-state index contributed by atoms with van der Waals surface area (Å²) >= 11 is 0. The van der Waals surface area contributed by atoms with E-state index in [0.29, 0.717) is 28.7 Å². The normalized spacial score (nSPS) is 14.6. The third kappa shape index (κ3) is 2.42. The van der Waals surface area contributed by atoms with Crippen molar-refractivity contribution in [2.24, 2.45) is 0 Å². The maximum Gasteiger partial charge on any atom is 0.193 e. The van der Waals surface area contributed by atoms with E-state index in [0.717, 1.165) is 10.9 Å². The van der Waals surface area contributed by atoms with Crippen LogP contribution in [0, 0.1) is 0 Å². The summed E-state index contributed by atoms with van der Waals surface area (Å²) in [5.74, 6) is -0.0237. The Labute approximate surface area is 157 Å². The van der Waals surface area contributed by atoms with Crippen LogP contribution in [0.2, 0.25) is 0 Å². The average Bonchev–Trinajstić information content (AvgIpc) is 2.72. The fourth-order valence-electron chi connectivity index (χ4n) is 4.21. The smallest absolute Gasteiger partial charge is 0.193 e. The lowest BCUT2D eigenvalue weighted by Crippen LogP contribution is -2.37. The van der Waals surface area contributed by atoms with E-state index in [1.165, 1.54) is 5.39 Å². The first-order valence-corrected chi connectivity index (χ1v) is 9.10. The lowest BCUT2D eigenvalue weighted by atomic mass is 9.71. The van der Waals surface area contributed by atoms with Crippen LogP contribution in [0.15, 0.2) is 91.0 Å². The predicted molar refractivity (Wildman–Crippen MR) is 107 cm³/mol. The van der Waals surface area contributed by atoms with Gasteiger partial charge in [-0.05, 0) is 27.5 Å². The molecule has 0 amide bonds. The van der Waals surface area contributed by atoms with E-state index in [4.69, 9.17) is 0 Å². The fraction of sp³-hybridized carbons (Fsp3) is 0.0800. The number of rotatable bonds is 2. The molecule has 0 aromatic heterocycles. The van der Waals surface area contributed by atoms with Gasteiger partial charge in [0, 0.05) is 17.5 Å². The lowest BCUT2D eigenvalue weighted by molar-refractivity contribution is 0.0721. The third-order valence-corrected chi connectivity index (χ3v) is 5.51. The van der Waals surface area contributed by atoms with Crippen LogP contribution in [0.1, 0.15) is 32.6 Å². The highest BCUT2D eigenvalue weighted by atomic mass is 16.3. The van der Waals surface area contributed by atoms with Crippen molar-refractivity contribution >= 4 is 16.6 Å². The Balaban J connectivity index is 1.70. The molecule has 0 saturated carbocycles. The van der Waals surface area contributed by atoms with Gasteiger partial charge in [0.1, 0.15) is 5.60 Å². The summed E-state index contributed by atoms with van der Waals surface area (Å²) in [5, 5.41) is 14.2. The molecule has 0 aliphatic heterocycles. The zero-order chi connectivity index (χ0) is 18.4. The Morgan fingerprint density at radius 2 is 1.22 bits per heavy atom. The molecule has 0 radical (unpaired) electrons. The number of hydrogen-bond donors (Lipinski definition) is 1. The van der Waals surface area contributed by atoms with Crippen LogP contribution < -0.4 is 0 Å². The summed E-state index contributed by atoms with van der Waals surface area (Å²) in [7, 11) is 0. The van der Waals surface area contributed by atoms with Crippen LogP contribution in [0.25, 0.3) is 10.8 Å². The van der Waals surface area contributed by atoms with Crippen molar-refractivity contribution in [2.75, 3.05) is 0 Å². The zero-order valence-corrected chi connectivity index (χ0v) is 14.7. The fourth-order valence-corrected chi connectivity index (χ4v) is 4.21. The minimum atomic E-state index is -1.23. The van der Waals surface area contributed by atoms with Crippen molar-refractivity contribution in [1.82, 2.24) is 0 Å². The molecule has 1 N–H and O–H groups in total. The number of ketones is 1. The van der Waals surface area contributed by atoms with Crippen LogP contribution in [-0.4, -0.2) is 10.9 Å². The van der Waals surface area contributed by atoms with Crippen molar-refractivity contribution < 1.29 is 9.90 Å². The molecule has 0 heterocycles. The van der Waals surface area contributed by atoms with E-state index in [1.807, 2.05) is 48.5 Å². The van der Waals surface area contributed by atoms with Crippen molar-refractivity contribution in [3.05, 3.63) is 119 Å². The Hall–Kier alpha value is -3.23. The zero-order valence-electron chi connectivity index (χ0n) is 14.7. The van der Waals surface area contributed by atoms with Gasteiger partial charge in [-0.2, -0.15) is 0 Å². The first-order valence-electron chi connectivity index (χ1n) is 9.10. The molecular weight excluding hydrogens is 332 g/mol. The van der Waals surface area contributed by atoms with E-state index in [9.17, 15) is 9.90 Å². The first kappa shape index (κ1) is 16.0. The van der Waals surface area contributed by atoms with E-state index in [-0.39, 0.29) is 5.78 Å². The van der Waals surface area contributed by atoms with E-state index < -0.39 is 5.60 Å². The maximum absolute atomic E-state index is 12.9. The molecule has 0 unspecified atom stereocenters. The summed E-state index contributed by atoms with van der Waals surface area (Å²) in [6, 6.07) is 29.3. The number of hydrogen-bond acceptors (Lipinski definition) is 2. The van der Waals surface area contributed by atoms with Gasteiger partial charge < -0.3 is 5.11 Å². The summed E-state index contributed by atoms with van der Waals surface area (Å²) < 4.78 is 0. The minimum absolute atomic E-state index is 0.0237. The Kier molecular flexibility index (Phi) is 3.49. The van der Waals surface area contributed by atoms with Crippen molar-refractivity contribution in [3.8, 4) is 0 Å². The summed E-state index contributed by atoms with van der Waals surface area (Å²) in [6.45, 7) is 0. The van der Waals surface area contributed by atoms with E-state index in [1.54, 1.807) is 12.1 Å². The van der Waals surface area contributed by atoms with Gasteiger partial charge in [-0.1, -0.05) is 91.0 Å². The van der Waals surface area contributed by atoms with E-state index in [2.05, 4.69) is 30.3 Å². The van der Waals surface area contributed by atoms with Gasteiger partial charge in [0.05, 0.1) is 0 Å². The van der Waals surface area contributed by atoms with Gasteiger partial charge in [0.2, 0.25) is 0 Å². The van der Waals surface area contributed by atoms with Crippen LogP contribution in [0.4, 0.5) is 0 Å². The maximum atomic E-state index is 12.9. The molecule has 5 rings (SSSR count). The van der Waals surface area contributed by atoms with Gasteiger partial charge >= 0.3 is 0 Å². The largest absolute Gasteiger partial charge is 0.380 e. The second kappa shape index (κ2) is 5.90. The monoisotopic (exact) mass is 350 g/mol. The highest BCUT2D eigenvalue weighted by molar-refractivity contribution is 6.13. The second-order valence-electron chi connectivity index (χ2n) is 7.14. The molecule has 1 aliphatic carbocycles. The number of fused-ring (bicyclic) bond motifs is 3. The van der Waals surface area contributed by atoms with Gasteiger partial charge in [0.25, 0.3) is 0 Å². The lowest BCUT2D eigenvalue weighted by Gasteiger charge is -2.36. The van der Waals surface area contributed by atoms with Crippen LogP contribution in [0.5, 0.6) is 0 Å². The second-order valence-corrected chi connectivity index (χ2v) is 7.14. The topological polar surface area (TPSA) is 37.3 Å². The van der Waals surface area contributed by atoms with Crippen molar-refractivity contribution in [1.29, 1.82) is 0 Å². The molecule has 1 aliphatic rings. The minimum Gasteiger partial charge on any atom is -0.380 e. The molecule has 0 saturated heterocycles. The van der Waals surface area contributed by atoms with Gasteiger partial charge in [-0.3, -0.25) is 4.79 Å². The molecule has 4 aromatic rings. The quantitative estimate of drug-likeness (QED) is 0.560. The number of aliphatic hydroxyl groups is 1. The third-order valence-electron chi connectivity index (χ3n) is 5.51. The SMILES string of the molecule is O=C1c2ccccc2C(O)(Cc2ccc3ccccc3c2)c2ccccc21. The van der Waals surface area contributed by atoms with E-state index >= 15 is 0 Å². The summed E-state index contributed by atoms with van der Waals surface area (Å²) in [6.07, 6.45) is 0.416. The number of carbonyl (C=O) groups is 1. The highest BCUT2D eigenvalue weighted by Crippen LogP contribution is 2.42. The number of carbonyl (C=O) groups excluding carboxylic acids is 1. The molecule has 0 bridgehead atoms. The van der Waals surface area contributed by atoms with Crippen molar-refractivity contribution in [2.45, 2.75) is 12.0 Å². The van der Waals surface area contributed by atoms with Gasteiger partial charge in [-0.25, -0.2) is 0 Å². The standard InChI is InChI=1S/C25H18O2/c26-24-20-9-3-5-11-22(20)25(27,23-12-6-4-10-21(23)24)16-17-13-14-18-7-1-2-8-19(18)15-17/h1-15,27H,16H2. The highest BCUT2D eigenvalue weighted by Gasteiger charge is 2.41. The molecular formula is C25H18O2. The van der Waals surface area contributed by atoms with Gasteiger partial charge in [0.15, 0.2) is 5.78 Å². The Morgan fingerprint density at radius 1 is 0.667 bits per heavy atom. The molecule has 2 heteroatoms. The summed E-state index contributed by atoms with van der Waals surface area (Å²) in [5.41, 5.74) is 2.33. The molecule has 27 heavy (non-hydrogen) atoms. The van der Waals surface area contributed by atoms with Crippen LogP contribution in [-0.2, 0) is 12.0 Å². The average molecular weight is 350 g/mol. The molecule has 0 atom stereocenters. The van der Waals surface area contributed by atoms with Crippen LogP contribution in [0.3, 0.4) is 0 Å². The molecule has 0 spiro atoms. The van der Waals surface area contributed by atoms with Crippen LogP contribution >= 0.6 is 0 Å². The first-order chi connectivity index (χ1) is 13.2. The Bertz CT molecular complexity index is 1140. The molecule has 130 valence electrons.